The van der Waals surface area contributed by atoms with Gasteiger partial charge in [0.15, 0.2) is 0 Å². The van der Waals surface area contributed by atoms with E-state index in [-0.39, 0.29) is 0 Å². The molecule has 2 rings (SSSR count). The van der Waals surface area contributed by atoms with E-state index >= 15 is 0 Å². The highest BCUT2D eigenvalue weighted by Crippen LogP contribution is 2.29. The molecule has 1 radical (unpaired) electrons. The fourth-order valence-electron chi connectivity index (χ4n) is 1.63. The number of nitrogens with one attached hydrogen (secondary N) is 1. The van der Waals surface area contributed by atoms with Gasteiger partial charge in [0.2, 0.25) is 0 Å². The summed E-state index contributed by atoms with van der Waals surface area (Å²) in [7, 11) is 0. The third kappa shape index (κ3) is 1.82. The molecule has 0 heterocycles. The summed E-state index contributed by atoms with van der Waals surface area (Å²) in [6, 6.07) is 8.46. The quantitative estimate of drug-likeness (QED) is 0.694. The van der Waals surface area contributed by atoms with E-state index in [1.807, 2.05) is 0 Å². The molecule has 1 heteroatoms. The van der Waals surface area contributed by atoms with Crippen LogP contribution < -0.4 is 5.32 Å². The molecular weight excluding hydrogens is 170 g/mol. The number of unbranched alkanes of at least 4 members (excludes halogenated alkanes) is 2. The summed E-state index contributed by atoms with van der Waals surface area (Å²) in [4.78, 5) is 0. The average Bonchev–Trinajstić information content (AvgIpc) is 2.19. The van der Waals surface area contributed by atoms with Gasteiger partial charge in [-0.05, 0) is 18.1 Å². The van der Waals surface area contributed by atoms with E-state index in [1.54, 1.807) is 0 Å². The van der Waals surface area contributed by atoms with Crippen molar-refractivity contribution < 1.29 is 0 Å². The van der Waals surface area contributed by atoms with E-state index in [0.717, 1.165) is 6.42 Å². The topological polar surface area (TPSA) is 12.0 Å². The van der Waals surface area contributed by atoms with Crippen LogP contribution in [0.2, 0.25) is 0 Å². The fraction of sp³-hybridized carbons (Fsp3) is 0.308. The van der Waals surface area contributed by atoms with Crippen LogP contribution >= 0.6 is 0 Å². The Balaban J connectivity index is 1.81. The predicted molar refractivity (Wildman–Crippen MR) is 61.3 cm³/mol. The van der Waals surface area contributed by atoms with Crippen molar-refractivity contribution in [3.05, 3.63) is 41.9 Å². The molecule has 14 heavy (non-hydrogen) atoms. The second-order valence-electron chi connectivity index (χ2n) is 3.64. The molecule has 1 aliphatic carbocycles. The Morgan fingerprint density at radius 1 is 1.29 bits per heavy atom. The van der Waals surface area contributed by atoms with Gasteiger partial charge >= 0.3 is 0 Å². The van der Waals surface area contributed by atoms with Crippen LogP contribution in [0.4, 0.5) is 0 Å². The fourth-order valence-corrected chi connectivity index (χ4v) is 1.63. The lowest BCUT2D eigenvalue weighted by atomic mass is 9.94. The average molecular weight is 186 g/mol. The second-order valence-corrected chi connectivity index (χ2v) is 3.64. The van der Waals surface area contributed by atoms with E-state index in [9.17, 15) is 0 Å². The minimum absolute atomic E-state index is 1.15. The third-order valence-corrected chi connectivity index (χ3v) is 2.51. The standard InChI is InChI=1S/C13H16N/c1-2-3-6-9-14-13-10-11-7-4-5-8-12(11)13/h4-5,7-10,14H,2-3,6H2,1H3. The molecule has 1 aromatic rings. The molecule has 1 aliphatic rings. The van der Waals surface area contributed by atoms with Crippen LogP contribution in [-0.4, -0.2) is 0 Å². The first-order chi connectivity index (χ1) is 6.92. The number of benzene rings is 1. The summed E-state index contributed by atoms with van der Waals surface area (Å²) < 4.78 is 0. The van der Waals surface area contributed by atoms with Gasteiger partial charge < -0.3 is 5.32 Å². The van der Waals surface area contributed by atoms with Gasteiger partial charge in [0, 0.05) is 17.8 Å². The first kappa shape index (κ1) is 9.32. The molecular formula is C13H16N. The molecule has 0 fully saturated rings. The SMILES string of the molecule is CCCC[CH]NC1=Cc2ccccc21. The first-order valence-electron chi connectivity index (χ1n) is 5.31. The molecule has 0 bridgehead atoms. The normalized spacial score (nSPS) is 12.8. The highest BCUT2D eigenvalue weighted by atomic mass is 14.9. The molecule has 0 amide bonds. The Labute approximate surface area is 85.8 Å². The van der Waals surface area contributed by atoms with Gasteiger partial charge in [-0.2, -0.15) is 0 Å². The van der Waals surface area contributed by atoms with E-state index in [4.69, 9.17) is 0 Å². The van der Waals surface area contributed by atoms with Gasteiger partial charge in [-0.25, -0.2) is 0 Å². The number of rotatable bonds is 5. The van der Waals surface area contributed by atoms with E-state index in [0.29, 0.717) is 0 Å². The predicted octanol–water partition coefficient (Wildman–Crippen LogP) is 3.44. The molecule has 1 aromatic carbocycles. The zero-order valence-electron chi connectivity index (χ0n) is 8.59. The lowest BCUT2D eigenvalue weighted by Crippen LogP contribution is -2.14. The largest absolute Gasteiger partial charge is 0.380 e. The van der Waals surface area contributed by atoms with Crippen LogP contribution in [0.25, 0.3) is 11.8 Å². The zero-order valence-corrected chi connectivity index (χ0v) is 8.59. The summed E-state index contributed by atoms with van der Waals surface area (Å²) in [5.74, 6) is 0. The highest BCUT2D eigenvalue weighted by Gasteiger charge is 2.13. The van der Waals surface area contributed by atoms with Crippen molar-refractivity contribution >= 4 is 11.8 Å². The van der Waals surface area contributed by atoms with Gasteiger partial charge in [0.05, 0.1) is 0 Å². The molecule has 0 aliphatic heterocycles. The number of fused-ring (bicyclic) bond motifs is 1. The second kappa shape index (κ2) is 4.32. The summed E-state index contributed by atoms with van der Waals surface area (Å²) in [6.07, 6.45) is 5.86. The first-order valence-corrected chi connectivity index (χ1v) is 5.31. The van der Waals surface area contributed by atoms with Crippen LogP contribution in [0.5, 0.6) is 0 Å². The van der Waals surface area contributed by atoms with E-state index < -0.39 is 0 Å². The van der Waals surface area contributed by atoms with Gasteiger partial charge in [-0.15, -0.1) is 0 Å². The van der Waals surface area contributed by atoms with Crippen molar-refractivity contribution in [2.24, 2.45) is 0 Å². The molecule has 73 valence electrons. The van der Waals surface area contributed by atoms with Crippen LogP contribution in [0.1, 0.15) is 37.3 Å². The number of hydrogen-bond acceptors (Lipinski definition) is 1. The van der Waals surface area contributed by atoms with Gasteiger partial charge in [-0.1, -0.05) is 44.0 Å². The van der Waals surface area contributed by atoms with Gasteiger partial charge in [0.25, 0.3) is 0 Å². The van der Waals surface area contributed by atoms with Crippen molar-refractivity contribution in [2.75, 3.05) is 0 Å². The zero-order chi connectivity index (χ0) is 9.80. The molecule has 0 aromatic heterocycles. The summed E-state index contributed by atoms with van der Waals surface area (Å²) in [5, 5.41) is 3.35. The lowest BCUT2D eigenvalue weighted by Gasteiger charge is -2.20. The molecule has 0 saturated heterocycles. The molecule has 0 saturated carbocycles. The van der Waals surface area contributed by atoms with Gasteiger partial charge in [-0.3, -0.25) is 0 Å². The Kier molecular flexibility index (Phi) is 2.87. The van der Waals surface area contributed by atoms with Crippen molar-refractivity contribution in [3.63, 3.8) is 0 Å². The maximum absolute atomic E-state index is 3.35. The van der Waals surface area contributed by atoms with Crippen molar-refractivity contribution in [3.8, 4) is 0 Å². The highest BCUT2D eigenvalue weighted by molar-refractivity contribution is 5.94. The Hall–Kier alpha value is -1.24. The van der Waals surface area contributed by atoms with E-state index in [1.165, 1.54) is 29.7 Å². The molecule has 1 nitrogen and oxygen atoms in total. The number of hydrogen-bond donors (Lipinski definition) is 1. The van der Waals surface area contributed by atoms with Crippen LogP contribution in [0, 0.1) is 6.54 Å². The van der Waals surface area contributed by atoms with Crippen molar-refractivity contribution in [1.82, 2.24) is 5.32 Å². The summed E-state index contributed by atoms with van der Waals surface area (Å²) >= 11 is 0. The van der Waals surface area contributed by atoms with Crippen LogP contribution in [0.3, 0.4) is 0 Å². The van der Waals surface area contributed by atoms with Crippen LogP contribution in [-0.2, 0) is 0 Å². The van der Waals surface area contributed by atoms with E-state index in [2.05, 4.69) is 49.1 Å². The molecule has 0 spiro atoms. The monoisotopic (exact) mass is 186 g/mol. The minimum atomic E-state index is 1.15. The van der Waals surface area contributed by atoms with Crippen molar-refractivity contribution in [1.29, 1.82) is 0 Å². The Morgan fingerprint density at radius 3 is 2.93 bits per heavy atom. The Bertz CT molecular complexity index is 339. The molecule has 0 atom stereocenters. The summed E-state index contributed by atoms with van der Waals surface area (Å²) in [6.45, 7) is 4.37. The molecule has 1 N–H and O–H groups in total. The summed E-state index contributed by atoms with van der Waals surface area (Å²) in [5.41, 5.74) is 3.95. The van der Waals surface area contributed by atoms with Crippen molar-refractivity contribution in [2.45, 2.75) is 26.2 Å². The smallest absolute Gasteiger partial charge is 0.0462 e. The van der Waals surface area contributed by atoms with Crippen LogP contribution in [0.15, 0.2) is 24.3 Å². The maximum Gasteiger partial charge on any atom is 0.0462 e. The lowest BCUT2D eigenvalue weighted by molar-refractivity contribution is 0.753. The maximum atomic E-state index is 3.35. The van der Waals surface area contributed by atoms with Gasteiger partial charge in [0.1, 0.15) is 0 Å². The minimum Gasteiger partial charge on any atom is -0.380 e. The molecule has 0 unspecified atom stereocenters. The third-order valence-electron chi connectivity index (χ3n) is 2.51. The Morgan fingerprint density at radius 2 is 2.14 bits per heavy atom.